The smallest absolute Gasteiger partial charge is 0.0441 e. The van der Waals surface area contributed by atoms with Gasteiger partial charge in [-0.15, -0.1) is 11.3 Å². The van der Waals surface area contributed by atoms with Crippen LogP contribution < -0.4 is 5.73 Å². The fourth-order valence-corrected chi connectivity index (χ4v) is 2.68. The van der Waals surface area contributed by atoms with E-state index in [1.165, 1.54) is 10.4 Å². The molecule has 84 valence electrons. The van der Waals surface area contributed by atoms with Crippen LogP contribution in [0.1, 0.15) is 24.1 Å². The molecule has 2 aromatic rings. The van der Waals surface area contributed by atoms with E-state index in [9.17, 15) is 0 Å². The van der Waals surface area contributed by atoms with Gasteiger partial charge >= 0.3 is 0 Å². The van der Waals surface area contributed by atoms with Gasteiger partial charge in [-0.05, 0) is 48.1 Å². The van der Waals surface area contributed by atoms with Crippen molar-refractivity contribution in [1.29, 1.82) is 0 Å². The molecule has 0 bridgehead atoms. The Hall–Kier alpha value is -0.830. The molecule has 0 saturated heterocycles. The topological polar surface area (TPSA) is 26.0 Å². The summed E-state index contributed by atoms with van der Waals surface area (Å²) in [4.78, 5) is 1.22. The van der Waals surface area contributed by atoms with Gasteiger partial charge in [-0.1, -0.05) is 23.7 Å². The molecule has 1 atom stereocenters. The summed E-state index contributed by atoms with van der Waals surface area (Å²) < 4.78 is 0. The Balaban J connectivity index is 2.39. The molecule has 0 radical (unpaired) electrons. The molecule has 0 fully saturated rings. The van der Waals surface area contributed by atoms with Crippen LogP contribution >= 0.6 is 22.9 Å². The van der Waals surface area contributed by atoms with Crippen LogP contribution in [0.3, 0.4) is 0 Å². The average molecular weight is 252 g/mol. The molecule has 0 amide bonds. The van der Waals surface area contributed by atoms with Crippen molar-refractivity contribution in [2.75, 3.05) is 0 Å². The lowest BCUT2D eigenvalue weighted by Gasteiger charge is -2.02. The zero-order valence-corrected chi connectivity index (χ0v) is 10.9. The number of benzene rings is 1. The number of nitrogens with two attached hydrogens (primary N) is 1. The van der Waals surface area contributed by atoms with E-state index in [4.69, 9.17) is 17.3 Å². The number of hydrogen-bond acceptors (Lipinski definition) is 2. The quantitative estimate of drug-likeness (QED) is 0.841. The monoisotopic (exact) mass is 251 g/mol. The van der Waals surface area contributed by atoms with Gasteiger partial charge in [0.1, 0.15) is 0 Å². The summed E-state index contributed by atoms with van der Waals surface area (Å²) in [6, 6.07) is 8.37. The maximum absolute atomic E-state index is 6.11. The SMILES string of the molecule is Cc1ccc(-c2cc(C(C)N)cs2)cc1Cl. The molecule has 0 saturated carbocycles. The average Bonchev–Trinajstić information content (AvgIpc) is 2.71. The van der Waals surface area contributed by atoms with E-state index < -0.39 is 0 Å². The highest BCUT2D eigenvalue weighted by molar-refractivity contribution is 7.13. The van der Waals surface area contributed by atoms with Crippen molar-refractivity contribution < 1.29 is 0 Å². The Kier molecular flexibility index (Phi) is 3.33. The fraction of sp³-hybridized carbons (Fsp3) is 0.231. The lowest BCUT2D eigenvalue weighted by molar-refractivity contribution is 0.823. The molecule has 1 aromatic carbocycles. The summed E-state index contributed by atoms with van der Waals surface area (Å²) >= 11 is 7.82. The van der Waals surface area contributed by atoms with Gasteiger partial charge in [-0.25, -0.2) is 0 Å². The Bertz CT molecular complexity index is 502. The van der Waals surface area contributed by atoms with Gasteiger partial charge in [0.25, 0.3) is 0 Å². The lowest BCUT2D eigenvalue weighted by Crippen LogP contribution is -2.02. The number of thiophene rings is 1. The van der Waals surface area contributed by atoms with Crippen molar-refractivity contribution in [3.8, 4) is 10.4 Å². The van der Waals surface area contributed by atoms with Gasteiger partial charge in [0.2, 0.25) is 0 Å². The first-order valence-corrected chi connectivity index (χ1v) is 6.44. The molecule has 1 aromatic heterocycles. The fourth-order valence-electron chi connectivity index (χ4n) is 1.49. The summed E-state index contributed by atoms with van der Waals surface area (Å²) in [5.41, 5.74) is 9.28. The van der Waals surface area contributed by atoms with E-state index >= 15 is 0 Å². The summed E-state index contributed by atoms with van der Waals surface area (Å²) in [6.07, 6.45) is 0. The van der Waals surface area contributed by atoms with Gasteiger partial charge in [-0.3, -0.25) is 0 Å². The molecule has 16 heavy (non-hydrogen) atoms. The molecular formula is C13H14ClNS. The summed E-state index contributed by atoms with van der Waals surface area (Å²) in [5.74, 6) is 0. The van der Waals surface area contributed by atoms with Crippen LogP contribution in [0.5, 0.6) is 0 Å². The lowest BCUT2D eigenvalue weighted by atomic mass is 10.1. The number of aryl methyl sites for hydroxylation is 1. The standard InChI is InChI=1S/C13H14ClNS/c1-8-3-4-10(5-12(8)14)13-6-11(7-16-13)9(2)15/h3-7,9H,15H2,1-2H3. The minimum absolute atomic E-state index is 0.0888. The number of hydrogen-bond donors (Lipinski definition) is 1. The highest BCUT2D eigenvalue weighted by Gasteiger charge is 2.06. The zero-order chi connectivity index (χ0) is 11.7. The van der Waals surface area contributed by atoms with E-state index in [1.807, 2.05) is 26.0 Å². The molecule has 1 heterocycles. The van der Waals surface area contributed by atoms with Crippen LogP contribution in [0.15, 0.2) is 29.6 Å². The molecule has 1 nitrogen and oxygen atoms in total. The molecule has 0 aliphatic rings. The van der Waals surface area contributed by atoms with Crippen LogP contribution in [-0.2, 0) is 0 Å². The molecule has 0 aliphatic carbocycles. The summed E-state index contributed by atoms with van der Waals surface area (Å²) in [6.45, 7) is 4.00. The summed E-state index contributed by atoms with van der Waals surface area (Å²) in [7, 11) is 0. The molecule has 2 N–H and O–H groups in total. The van der Waals surface area contributed by atoms with Crippen LogP contribution in [0.25, 0.3) is 10.4 Å². The Morgan fingerprint density at radius 3 is 2.62 bits per heavy atom. The highest BCUT2D eigenvalue weighted by atomic mass is 35.5. The van der Waals surface area contributed by atoms with Gasteiger partial charge in [0.05, 0.1) is 0 Å². The first kappa shape index (κ1) is 11.6. The van der Waals surface area contributed by atoms with Crippen molar-refractivity contribution in [1.82, 2.24) is 0 Å². The van der Waals surface area contributed by atoms with Crippen LogP contribution in [0.4, 0.5) is 0 Å². The molecular weight excluding hydrogens is 238 g/mol. The predicted octanol–water partition coefficient (Wildman–Crippen LogP) is 4.40. The maximum atomic E-state index is 6.11. The third kappa shape index (κ3) is 2.29. The van der Waals surface area contributed by atoms with Crippen LogP contribution in [0.2, 0.25) is 5.02 Å². The molecule has 0 spiro atoms. The second-order valence-corrected chi connectivity index (χ2v) is 5.32. The largest absolute Gasteiger partial charge is 0.324 e. The van der Waals surface area contributed by atoms with Gasteiger partial charge in [0, 0.05) is 15.9 Å². The first-order valence-electron chi connectivity index (χ1n) is 5.18. The second-order valence-electron chi connectivity index (χ2n) is 4.00. The third-order valence-corrected chi connectivity index (χ3v) is 4.01. The minimum Gasteiger partial charge on any atom is -0.324 e. The van der Waals surface area contributed by atoms with Crippen molar-refractivity contribution in [3.05, 3.63) is 45.8 Å². The van der Waals surface area contributed by atoms with Crippen molar-refractivity contribution in [2.24, 2.45) is 5.73 Å². The van der Waals surface area contributed by atoms with Gasteiger partial charge in [-0.2, -0.15) is 0 Å². The predicted molar refractivity (Wildman–Crippen MR) is 72.1 cm³/mol. The number of halogens is 1. The van der Waals surface area contributed by atoms with E-state index in [2.05, 4.69) is 17.5 Å². The van der Waals surface area contributed by atoms with E-state index in [1.54, 1.807) is 11.3 Å². The van der Waals surface area contributed by atoms with Gasteiger partial charge in [0.15, 0.2) is 0 Å². The van der Waals surface area contributed by atoms with Crippen LogP contribution in [0, 0.1) is 6.92 Å². The Morgan fingerprint density at radius 1 is 1.31 bits per heavy atom. The van der Waals surface area contributed by atoms with Crippen molar-refractivity contribution in [3.63, 3.8) is 0 Å². The Labute approximate surface area is 105 Å². The van der Waals surface area contributed by atoms with Crippen molar-refractivity contribution >= 4 is 22.9 Å². The van der Waals surface area contributed by atoms with E-state index in [0.29, 0.717) is 0 Å². The maximum Gasteiger partial charge on any atom is 0.0441 e. The highest BCUT2D eigenvalue weighted by Crippen LogP contribution is 2.31. The zero-order valence-electron chi connectivity index (χ0n) is 9.33. The van der Waals surface area contributed by atoms with E-state index in [-0.39, 0.29) is 6.04 Å². The molecule has 3 heteroatoms. The number of rotatable bonds is 2. The van der Waals surface area contributed by atoms with Crippen LogP contribution in [-0.4, -0.2) is 0 Å². The normalized spacial score (nSPS) is 12.8. The third-order valence-electron chi connectivity index (χ3n) is 2.60. The molecule has 1 unspecified atom stereocenters. The summed E-state index contributed by atoms with van der Waals surface area (Å²) in [5, 5.41) is 2.92. The molecule has 0 aliphatic heterocycles. The minimum atomic E-state index is 0.0888. The molecule has 2 rings (SSSR count). The Morgan fingerprint density at radius 2 is 2.06 bits per heavy atom. The first-order chi connectivity index (χ1) is 7.58. The van der Waals surface area contributed by atoms with E-state index in [0.717, 1.165) is 16.1 Å². The second kappa shape index (κ2) is 4.58. The van der Waals surface area contributed by atoms with Crippen molar-refractivity contribution in [2.45, 2.75) is 19.9 Å². The van der Waals surface area contributed by atoms with Gasteiger partial charge < -0.3 is 5.73 Å².